The third kappa shape index (κ3) is 4.58. The van der Waals surface area contributed by atoms with Gasteiger partial charge in [0.1, 0.15) is 5.82 Å². The molecular weight excluding hydrogens is 308 g/mol. The molecule has 1 unspecified atom stereocenters. The van der Waals surface area contributed by atoms with Crippen molar-refractivity contribution in [1.29, 1.82) is 0 Å². The van der Waals surface area contributed by atoms with Gasteiger partial charge in [0.15, 0.2) is 5.16 Å². The average molecular weight is 332 g/mol. The second-order valence-corrected chi connectivity index (χ2v) is 6.64. The van der Waals surface area contributed by atoms with Crippen molar-refractivity contribution in [1.82, 2.24) is 20.1 Å². The van der Waals surface area contributed by atoms with Crippen LogP contribution >= 0.6 is 11.8 Å². The van der Waals surface area contributed by atoms with Crippen LogP contribution in [-0.4, -0.2) is 32.5 Å². The first-order valence-corrected chi connectivity index (χ1v) is 8.91. The van der Waals surface area contributed by atoms with Crippen molar-refractivity contribution in [3.63, 3.8) is 0 Å². The number of amides is 1. The topological polar surface area (TPSA) is 59.8 Å². The van der Waals surface area contributed by atoms with Crippen LogP contribution in [0.3, 0.4) is 0 Å². The number of benzene rings is 1. The van der Waals surface area contributed by atoms with Crippen LogP contribution in [-0.2, 0) is 4.79 Å². The van der Waals surface area contributed by atoms with E-state index >= 15 is 0 Å². The number of para-hydroxylation sites is 1. The molecule has 0 bridgehead atoms. The van der Waals surface area contributed by atoms with Crippen molar-refractivity contribution in [3.8, 4) is 5.69 Å². The van der Waals surface area contributed by atoms with Gasteiger partial charge in [-0.15, -0.1) is 10.2 Å². The first-order chi connectivity index (χ1) is 11.0. The minimum atomic E-state index is 0.0351. The summed E-state index contributed by atoms with van der Waals surface area (Å²) in [6.45, 7) is 8.13. The van der Waals surface area contributed by atoms with E-state index in [0.717, 1.165) is 35.1 Å². The van der Waals surface area contributed by atoms with Crippen LogP contribution in [0.2, 0.25) is 0 Å². The summed E-state index contributed by atoms with van der Waals surface area (Å²) in [5.41, 5.74) is 2.20. The van der Waals surface area contributed by atoms with Crippen molar-refractivity contribution >= 4 is 17.7 Å². The molecule has 5 nitrogen and oxygen atoms in total. The van der Waals surface area contributed by atoms with Gasteiger partial charge in [0.05, 0.1) is 11.4 Å². The molecule has 0 radical (unpaired) electrons. The monoisotopic (exact) mass is 332 g/mol. The zero-order valence-corrected chi connectivity index (χ0v) is 15.0. The van der Waals surface area contributed by atoms with E-state index in [2.05, 4.69) is 35.4 Å². The standard InChI is InChI=1S/C17H24N4OS/c1-5-8-13(3)18-16(22)11-23-17-20-19-14(4)21(17)15-10-7-6-9-12(15)2/h6-7,9-10,13H,5,8,11H2,1-4H3,(H,18,22). The van der Waals surface area contributed by atoms with E-state index in [9.17, 15) is 4.79 Å². The fourth-order valence-electron chi connectivity index (χ4n) is 2.48. The minimum Gasteiger partial charge on any atom is -0.353 e. The maximum absolute atomic E-state index is 12.0. The lowest BCUT2D eigenvalue weighted by molar-refractivity contribution is -0.119. The fraction of sp³-hybridized carbons (Fsp3) is 0.471. The van der Waals surface area contributed by atoms with Gasteiger partial charge >= 0.3 is 0 Å². The van der Waals surface area contributed by atoms with Gasteiger partial charge in [-0.2, -0.15) is 0 Å². The number of nitrogens with zero attached hydrogens (tertiary/aromatic N) is 3. The Bertz CT molecular complexity index is 668. The number of aryl methyl sites for hydroxylation is 2. The molecule has 124 valence electrons. The molecule has 1 atom stereocenters. The molecule has 0 spiro atoms. The van der Waals surface area contributed by atoms with Crippen LogP contribution in [0.15, 0.2) is 29.4 Å². The summed E-state index contributed by atoms with van der Waals surface area (Å²) in [7, 11) is 0. The molecule has 6 heteroatoms. The fourth-order valence-corrected chi connectivity index (χ4v) is 3.28. The van der Waals surface area contributed by atoms with Crippen molar-refractivity contribution in [2.45, 2.75) is 51.7 Å². The molecule has 0 fully saturated rings. The third-order valence-electron chi connectivity index (χ3n) is 3.61. The molecule has 1 heterocycles. The largest absolute Gasteiger partial charge is 0.353 e. The van der Waals surface area contributed by atoms with Crippen LogP contribution in [0.5, 0.6) is 0 Å². The minimum absolute atomic E-state index is 0.0351. The maximum Gasteiger partial charge on any atom is 0.230 e. The predicted molar refractivity (Wildman–Crippen MR) is 94.1 cm³/mol. The van der Waals surface area contributed by atoms with Gasteiger partial charge in [0, 0.05) is 6.04 Å². The zero-order valence-electron chi connectivity index (χ0n) is 14.2. The molecule has 1 amide bonds. The van der Waals surface area contributed by atoms with E-state index in [1.807, 2.05) is 36.6 Å². The van der Waals surface area contributed by atoms with E-state index in [1.165, 1.54) is 11.8 Å². The van der Waals surface area contributed by atoms with Gasteiger partial charge in [-0.1, -0.05) is 43.3 Å². The number of rotatable bonds is 7. The molecular formula is C17H24N4OS. The zero-order chi connectivity index (χ0) is 16.8. The van der Waals surface area contributed by atoms with E-state index in [1.54, 1.807) is 0 Å². The van der Waals surface area contributed by atoms with Crippen molar-refractivity contribution in [2.75, 3.05) is 5.75 Å². The van der Waals surface area contributed by atoms with E-state index in [4.69, 9.17) is 0 Å². The summed E-state index contributed by atoms with van der Waals surface area (Å²) < 4.78 is 2.00. The molecule has 0 aliphatic carbocycles. The summed E-state index contributed by atoms with van der Waals surface area (Å²) in [4.78, 5) is 12.0. The molecule has 2 rings (SSSR count). The highest BCUT2D eigenvalue weighted by molar-refractivity contribution is 7.99. The number of carbonyl (C=O) groups is 1. The van der Waals surface area contributed by atoms with Crippen molar-refractivity contribution in [2.24, 2.45) is 0 Å². The van der Waals surface area contributed by atoms with E-state index in [-0.39, 0.29) is 11.9 Å². The summed E-state index contributed by atoms with van der Waals surface area (Å²) in [6.07, 6.45) is 2.06. The molecule has 0 saturated carbocycles. The summed E-state index contributed by atoms with van der Waals surface area (Å²) in [5, 5.41) is 12.1. The second-order valence-electron chi connectivity index (χ2n) is 5.70. The Kier molecular flexibility index (Phi) is 6.21. The van der Waals surface area contributed by atoms with Crippen molar-refractivity contribution in [3.05, 3.63) is 35.7 Å². The van der Waals surface area contributed by atoms with Crippen LogP contribution in [0.1, 0.15) is 38.1 Å². The van der Waals surface area contributed by atoms with Gasteiger partial charge in [-0.3, -0.25) is 9.36 Å². The lowest BCUT2D eigenvalue weighted by atomic mass is 10.2. The Labute approximate surface area is 141 Å². The van der Waals surface area contributed by atoms with E-state index in [0.29, 0.717) is 5.75 Å². The first kappa shape index (κ1) is 17.5. The Morgan fingerprint density at radius 1 is 1.30 bits per heavy atom. The number of nitrogens with one attached hydrogen (secondary N) is 1. The first-order valence-electron chi connectivity index (χ1n) is 7.93. The van der Waals surface area contributed by atoms with Crippen LogP contribution in [0, 0.1) is 13.8 Å². The molecule has 0 saturated heterocycles. The number of hydrogen-bond donors (Lipinski definition) is 1. The Hall–Kier alpha value is -1.82. The molecule has 2 aromatic rings. The van der Waals surface area contributed by atoms with Crippen LogP contribution in [0.4, 0.5) is 0 Å². The second kappa shape index (κ2) is 8.15. The summed E-state index contributed by atoms with van der Waals surface area (Å²) in [5.74, 6) is 1.20. The van der Waals surface area contributed by atoms with Gasteiger partial charge in [0.25, 0.3) is 0 Å². The average Bonchev–Trinajstić information content (AvgIpc) is 2.87. The van der Waals surface area contributed by atoms with Gasteiger partial charge in [-0.25, -0.2) is 0 Å². The quantitative estimate of drug-likeness (QED) is 0.791. The molecule has 1 N–H and O–H groups in total. The predicted octanol–water partition coefficient (Wildman–Crippen LogP) is 3.28. The van der Waals surface area contributed by atoms with Crippen molar-refractivity contribution < 1.29 is 4.79 Å². The lowest BCUT2D eigenvalue weighted by Gasteiger charge is -2.13. The molecule has 1 aromatic heterocycles. The highest BCUT2D eigenvalue weighted by Crippen LogP contribution is 2.23. The van der Waals surface area contributed by atoms with Gasteiger partial charge < -0.3 is 5.32 Å². The van der Waals surface area contributed by atoms with Gasteiger partial charge in [-0.05, 0) is 38.8 Å². The Balaban J connectivity index is 2.08. The van der Waals surface area contributed by atoms with E-state index < -0.39 is 0 Å². The van der Waals surface area contributed by atoms with Gasteiger partial charge in [0.2, 0.25) is 5.91 Å². The number of hydrogen-bond acceptors (Lipinski definition) is 4. The van der Waals surface area contributed by atoms with Crippen LogP contribution in [0.25, 0.3) is 5.69 Å². The highest BCUT2D eigenvalue weighted by atomic mass is 32.2. The maximum atomic E-state index is 12.0. The number of thioether (sulfide) groups is 1. The highest BCUT2D eigenvalue weighted by Gasteiger charge is 2.15. The molecule has 23 heavy (non-hydrogen) atoms. The number of carbonyl (C=O) groups excluding carboxylic acids is 1. The Morgan fingerprint density at radius 2 is 2.04 bits per heavy atom. The lowest BCUT2D eigenvalue weighted by Crippen LogP contribution is -2.33. The normalized spacial score (nSPS) is 12.2. The number of aromatic nitrogens is 3. The summed E-state index contributed by atoms with van der Waals surface area (Å²) in [6, 6.07) is 8.31. The molecule has 0 aliphatic rings. The van der Waals surface area contributed by atoms with Crippen LogP contribution < -0.4 is 5.32 Å². The summed E-state index contributed by atoms with van der Waals surface area (Å²) >= 11 is 1.42. The molecule has 0 aliphatic heterocycles. The Morgan fingerprint density at radius 3 is 2.74 bits per heavy atom. The third-order valence-corrected chi connectivity index (χ3v) is 4.54. The SMILES string of the molecule is CCCC(C)NC(=O)CSc1nnc(C)n1-c1ccccc1C. The molecule has 1 aromatic carbocycles. The smallest absolute Gasteiger partial charge is 0.230 e.